The van der Waals surface area contributed by atoms with Crippen molar-refractivity contribution >= 4 is 34.6 Å². The maximum absolute atomic E-state index is 12.0. The van der Waals surface area contributed by atoms with Crippen molar-refractivity contribution in [1.29, 1.82) is 0 Å². The summed E-state index contributed by atoms with van der Waals surface area (Å²) in [6.45, 7) is 5.71. The summed E-state index contributed by atoms with van der Waals surface area (Å²) in [5.74, 6) is 0.709. The number of rotatable bonds is 19. The summed E-state index contributed by atoms with van der Waals surface area (Å²) in [5.41, 5.74) is 1.04. The second-order valence-electron chi connectivity index (χ2n) is 10.6. The Hall–Kier alpha value is -2.61. The van der Waals surface area contributed by atoms with E-state index >= 15 is 0 Å². The third kappa shape index (κ3) is 10.8. The molecule has 3 rings (SSSR count). The molecule has 0 saturated carbocycles. The molecule has 0 unspecified atom stereocenters. The molecular formula is C30H47ClN6O2. The van der Waals surface area contributed by atoms with E-state index in [0.29, 0.717) is 36.3 Å². The van der Waals surface area contributed by atoms with Gasteiger partial charge in [0.15, 0.2) is 0 Å². The fraction of sp³-hybridized carbons (Fsp3) is 0.667. The first-order chi connectivity index (χ1) is 19.1. The molecule has 1 N–H and O–H groups in total. The molecule has 2 aromatic rings. The van der Waals surface area contributed by atoms with Crippen LogP contribution in [-0.2, 0) is 0 Å². The molecule has 39 heavy (non-hydrogen) atoms. The minimum atomic E-state index is -0.355. The SMILES string of the molecule is CCCCCCCCCCCCCCCCNc1ncnc(N2CCN(c3cccc(Cl)c3)CC2)c1[N+](=O)[O-]. The average Bonchev–Trinajstić information content (AvgIpc) is 2.95. The number of benzene rings is 1. The molecule has 2 heterocycles. The summed E-state index contributed by atoms with van der Waals surface area (Å²) >= 11 is 6.15. The Balaban J connectivity index is 1.34. The summed E-state index contributed by atoms with van der Waals surface area (Å²) in [6, 6.07) is 7.78. The highest BCUT2D eigenvalue weighted by atomic mass is 35.5. The van der Waals surface area contributed by atoms with Crippen molar-refractivity contribution in [1.82, 2.24) is 9.97 Å². The average molecular weight is 559 g/mol. The number of unbranched alkanes of at least 4 members (excludes halogenated alkanes) is 13. The van der Waals surface area contributed by atoms with Gasteiger partial charge in [0, 0.05) is 43.4 Å². The van der Waals surface area contributed by atoms with Gasteiger partial charge >= 0.3 is 5.69 Å². The molecule has 1 aliphatic rings. The quantitative estimate of drug-likeness (QED) is 0.105. The Labute approximate surface area is 239 Å². The van der Waals surface area contributed by atoms with Gasteiger partial charge in [-0.05, 0) is 24.6 Å². The Bertz CT molecular complexity index is 984. The first-order valence-corrected chi connectivity index (χ1v) is 15.5. The highest BCUT2D eigenvalue weighted by molar-refractivity contribution is 6.30. The first-order valence-electron chi connectivity index (χ1n) is 15.1. The largest absolute Gasteiger partial charge is 0.368 e. The van der Waals surface area contributed by atoms with E-state index in [1.165, 1.54) is 83.4 Å². The highest BCUT2D eigenvalue weighted by Gasteiger charge is 2.29. The number of aromatic nitrogens is 2. The lowest BCUT2D eigenvalue weighted by atomic mass is 10.0. The number of nitrogens with zero attached hydrogens (tertiary/aromatic N) is 5. The van der Waals surface area contributed by atoms with Gasteiger partial charge in [-0.15, -0.1) is 0 Å². The molecule has 1 saturated heterocycles. The Kier molecular flexibility index (Phi) is 14.2. The van der Waals surface area contributed by atoms with Crippen LogP contribution in [0.2, 0.25) is 5.02 Å². The number of anilines is 3. The van der Waals surface area contributed by atoms with Crippen molar-refractivity contribution in [3.05, 3.63) is 45.7 Å². The molecule has 1 aromatic heterocycles. The van der Waals surface area contributed by atoms with Crippen molar-refractivity contribution in [2.75, 3.05) is 47.8 Å². The van der Waals surface area contributed by atoms with E-state index in [-0.39, 0.29) is 10.6 Å². The number of hydrogen-bond acceptors (Lipinski definition) is 7. The maximum Gasteiger partial charge on any atom is 0.353 e. The van der Waals surface area contributed by atoms with Gasteiger partial charge < -0.3 is 15.1 Å². The zero-order chi connectivity index (χ0) is 27.7. The standard InChI is InChI=1S/C30H47ClN6O2/c1-2-3-4-5-6-7-8-9-10-11-12-13-14-15-19-32-29-28(37(38)39)30(34-25-33-29)36-22-20-35(21-23-36)27-18-16-17-26(31)24-27/h16-18,24-25H,2-15,19-23H2,1H3,(H,32,33,34). The van der Waals surface area contributed by atoms with Gasteiger partial charge in [0.25, 0.3) is 0 Å². The van der Waals surface area contributed by atoms with E-state index < -0.39 is 0 Å². The number of nitrogens with one attached hydrogen (secondary N) is 1. The third-order valence-electron chi connectivity index (χ3n) is 7.56. The normalized spacial score (nSPS) is 13.6. The van der Waals surface area contributed by atoms with Crippen LogP contribution in [0.1, 0.15) is 96.8 Å². The zero-order valence-electron chi connectivity index (χ0n) is 23.8. The van der Waals surface area contributed by atoms with Crippen LogP contribution in [0.5, 0.6) is 0 Å². The van der Waals surface area contributed by atoms with Crippen LogP contribution in [0.4, 0.5) is 23.0 Å². The summed E-state index contributed by atoms with van der Waals surface area (Å²) < 4.78 is 0. The number of hydrogen-bond donors (Lipinski definition) is 1. The monoisotopic (exact) mass is 558 g/mol. The van der Waals surface area contributed by atoms with Gasteiger partial charge in [-0.1, -0.05) is 108 Å². The van der Waals surface area contributed by atoms with Gasteiger partial charge in [0.05, 0.1) is 4.92 Å². The number of halogens is 1. The van der Waals surface area contributed by atoms with Gasteiger partial charge in [-0.2, -0.15) is 0 Å². The Morgan fingerprint density at radius 2 is 1.41 bits per heavy atom. The lowest BCUT2D eigenvalue weighted by molar-refractivity contribution is -0.383. The lowest BCUT2D eigenvalue weighted by Gasteiger charge is -2.36. The zero-order valence-corrected chi connectivity index (χ0v) is 24.5. The number of piperazine rings is 1. The topological polar surface area (TPSA) is 87.4 Å². The fourth-order valence-electron chi connectivity index (χ4n) is 5.27. The van der Waals surface area contributed by atoms with E-state index in [1.807, 2.05) is 29.2 Å². The van der Waals surface area contributed by atoms with Crippen molar-refractivity contribution in [2.24, 2.45) is 0 Å². The van der Waals surface area contributed by atoms with E-state index in [4.69, 9.17) is 11.6 Å². The van der Waals surface area contributed by atoms with Crippen molar-refractivity contribution in [3.8, 4) is 0 Å². The minimum Gasteiger partial charge on any atom is -0.368 e. The number of nitro groups is 1. The van der Waals surface area contributed by atoms with Crippen LogP contribution in [0.3, 0.4) is 0 Å². The predicted octanol–water partition coefficient (Wildman–Crippen LogP) is 8.26. The predicted molar refractivity (Wildman–Crippen MR) is 163 cm³/mol. The van der Waals surface area contributed by atoms with Crippen molar-refractivity contribution in [3.63, 3.8) is 0 Å². The van der Waals surface area contributed by atoms with E-state index in [2.05, 4.69) is 27.1 Å². The van der Waals surface area contributed by atoms with E-state index in [9.17, 15) is 10.1 Å². The molecular weight excluding hydrogens is 512 g/mol. The van der Waals surface area contributed by atoms with E-state index in [1.54, 1.807) is 0 Å². The molecule has 0 atom stereocenters. The molecule has 1 aliphatic heterocycles. The maximum atomic E-state index is 12.0. The fourth-order valence-corrected chi connectivity index (χ4v) is 5.46. The van der Waals surface area contributed by atoms with Gasteiger partial charge in [0.2, 0.25) is 11.6 Å². The van der Waals surface area contributed by atoms with E-state index in [0.717, 1.165) is 31.6 Å². The van der Waals surface area contributed by atoms with Crippen LogP contribution in [0.25, 0.3) is 0 Å². The minimum absolute atomic E-state index is 0.0286. The second kappa shape index (κ2) is 17.9. The molecule has 0 amide bonds. The van der Waals surface area contributed by atoms with Crippen LogP contribution in [-0.4, -0.2) is 47.6 Å². The molecule has 8 nitrogen and oxygen atoms in total. The van der Waals surface area contributed by atoms with Gasteiger partial charge in [-0.3, -0.25) is 10.1 Å². The summed E-state index contributed by atoms with van der Waals surface area (Å²) in [7, 11) is 0. The molecule has 216 valence electrons. The van der Waals surface area contributed by atoms with Gasteiger partial charge in [0.1, 0.15) is 6.33 Å². The molecule has 0 spiro atoms. The molecule has 0 aliphatic carbocycles. The molecule has 0 bridgehead atoms. The molecule has 9 heteroatoms. The van der Waals surface area contributed by atoms with Crippen LogP contribution in [0, 0.1) is 10.1 Å². The molecule has 1 aromatic carbocycles. The highest BCUT2D eigenvalue weighted by Crippen LogP contribution is 2.33. The second-order valence-corrected chi connectivity index (χ2v) is 11.1. The third-order valence-corrected chi connectivity index (χ3v) is 7.80. The van der Waals surface area contributed by atoms with Crippen LogP contribution in [0.15, 0.2) is 30.6 Å². The van der Waals surface area contributed by atoms with Gasteiger partial charge in [-0.25, -0.2) is 9.97 Å². The first kappa shape index (κ1) is 30.9. The van der Waals surface area contributed by atoms with Crippen LogP contribution >= 0.6 is 11.6 Å². The molecule has 0 radical (unpaired) electrons. The Morgan fingerprint density at radius 3 is 1.97 bits per heavy atom. The van der Waals surface area contributed by atoms with Crippen LogP contribution < -0.4 is 15.1 Å². The molecule has 1 fully saturated rings. The summed E-state index contributed by atoms with van der Waals surface area (Å²) in [5, 5.41) is 15.9. The van der Waals surface area contributed by atoms with Crippen molar-refractivity contribution in [2.45, 2.75) is 96.8 Å². The summed E-state index contributed by atoms with van der Waals surface area (Å²) in [6.07, 6.45) is 19.7. The lowest BCUT2D eigenvalue weighted by Crippen LogP contribution is -2.47. The van der Waals surface area contributed by atoms with Crippen molar-refractivity contribution < 1.29 is 4.92 Å². The Morgan fingerprint density at radius 1 is 0.846 bits per heavy atom. The summed E-state index contributed by atoms with van der Waals surface area (Å²) in [4.78, 5) is 24.4. The smallest absolute Gasteiger partial charge is 0.353 e.